The number of carboxylic acids is 1. The van der Waals surface area contributed by atoms with Crippen molar-refractivity contribution in [3.05, 3.63) is 10.6 Å². The first-order valence-electron chi connectivity index (χ1n) is 5.79. The van der Waals surface area contributed by atoms with Gasteiger partial charge in [0.2, 0.25) is 0 Å². The zero-order valence-corrected chi connectivity index (χ0v) is 10.9. The Hall–Kier alpha value is -1.14. The summed E-state index contributed by atoms with van der Waals surface area (Å²) >= 11 is 1.29. The van der Waals surface area contributed by atoms with Gasteiger partial charge < -0.3 is 15.3 Å². The van der Waals surface area contributed by atoms with Crippen molar-refractivity contribution in [1.82, 2.24) is 10.3 Å². The minimum atomic E-state index is -0.868. The molecule has 0 atom stereocenters. The highest BCUT2D eigenvalue weighted by Gasteiger charge is 2.23. The van der Waals surface area contributed by atoms with E-state index in [9.17, 15) is 4.79 Å². The maximum absolute atomic E-state index is 11.2. The molecule has 6 heteroatoms. The van der Waals surface area contributed by atoms with E-state index in [0.717, 1.165) is 31.3 Å². The summed E-state index contributed by atoms with van der Waals surface area (Å²) in [4.78, 5) is 18.2. The molecule has 0 amide bonds. The second-order valence-corrected chi connectivity index (χ2v) is 5.39. The van der Waals surface area contributed by atoms with Crippen LogP contribution in [0.3, 0.4) is 0 Å². The standard InChI is InChI=1S/C11H17N3O2S/c1-7(2)8-9(10(15)16)17-11(13-8)14-5-3-12-4-6-14/h7,12H,3-6H2,1-2H3,(H,15,16). The molecule has 1 aliphatic heterocycles. The van der Waals surface area contributed by atoms with E-state index >= 15 is 0 Å². The summed E-state index contributed by atoms with van der Waals surface area (Å²) in [6, 6.07) is 0. The average molecular weight is 255 g/mol. The Kier molecular flexibility index (Phi) is 3.63. The van der Waals surface area contributed by atoms with E-state index in [0.29, 0.717) is 10.6 Å². The van der Waals surface area contributed by atoms with Crippen molar-refractivity contribution >= 4 is 22.4 Å². The molecule has 0 aromatic carbocycles. The lowest BCUT2D eigenvalue weighted by Gasteiger charge is -2.26. The van der Waals surface area contributed by atoms with E-state index in [1.54, 1.807) is 0 Å². The van der Waals surface area contributed by atoms with Crippen LogP contribution in [0.5, 0.6) is 0 Å². The number of hydrogen-bond donors (Lipinski definition) is 2. The van der Waals surface area contributed by atoms with Gasteiger partial charge in [-0.3, -0.25) is 0 Å². The number of nitrogens with one attached hydrogen (secondary N) is 1. The number of carbonyl (C=O) groups is 1. The third-order valence-corrected chi connectivity index (χ3v) is 3.89. The van der Waals surface area contributed by atoms with Gasteiger partial charge in [-0.1, -0.05) is 25.2 Å². The van der Waals surface area contributed by atoms with Crippen LogP contribution >= 0.6 is 11.3 Å². The predicted octanol–water partition coefficient (Wildman–Crippen LogP) is 1.37. The van der Waals surface area contributed by atoms with Crippen LogP contribution in [0, 0.1) is 0 Å². The van der Waals surface area contributed by atoms with Gasteiger partial charge >= 0.3 is 5.97 Å². The van der Waals surface area contributed by atoms with E-state index in [-0.39, 0.29) is 5.92 Å². The Labute approximate surface area is 104 Å². The average Bonchev–Trinajstić information content (AvgIpc) is 2.75. The third-order valence-electron chi connectivity index (χ3n) is 2.77. The summed E-state index contributed by atoms with van der Waals surface area (Å²) in [5.41, 5.74) is 0.705. The Balaban J connectivity index is 2.29. The predicted molar refractivity (Wildman–Crippen MR) is 68.2 cm³/mol. The van der Waals surface area contributed by atoms with Gasteiger partial charge in [0.1, 0.15) is 4.88 Å². The van der Waals surface area contributed by atoms with E-state index < -0.39 is 5.97 Å². The molecule has 2 N–H and O–H groups in total. The molecule has 0 saturated carbocycles. The lowest BCUT2D eigenvalue weighted by molar-refractivity contribution is 0.0700. The van der Waals surface area contributed by atoms with Crippen molar-refractivity contribution in [3.8, 4) is 0 Å². The molecule has 2 rings (SSSR count). The first kappa shape index (κ1) is 12.3. The topological polar surface area (TPSA) is 65.5 Å². The lowest BCUT2D eigenvalue weighted by atomic mass is 10.1. The van der Waals surface area contributed by atoms with Crippen LogP contribution in [0.2, 0.25) is 0 Å². The number of carboxylic acid groups (broad SMARTS) is 1. The first-order valence-corrected chi connectivity index (χ1v) is 6.61. The number of aromatic carboxylic acids is 1. The smallest absolute Gasteiger partial charge is 0.347 e. The van der Waals surface area contributed by atoms with Crippen LogP contribution in [-0.4, -0.2) is 42.2 Å². The van der Waals surface area contributed by atoms with E-state index in [1.165, 1.54) is 11.3 Å². The molecular formula is C11H17N3O2S. The van der Waals surface area contributed by atoms with Crippen molar-refractivity contribution in [3.63, 3.8) is 0 Å². The van der Waals surface area contributed by atoms with Crippen molar-refractivity contribution in [2.75, 3.05) is 31.1 Å². The second-order valence-electron chi connectivity index (χ2n) is 4.41. The molecule has 0 radical (unpaired) electrons. The van der Waals surface area contributed by atoms with Gasteiger partial charge in [-0.25, -0.2) is 9.78 Å². The molecule has 0 bridgehead atoms. The fourth-order valence-corrected chi connectivity index (χ4v) is 2.97. The Bertz CT molecular complexity index is 411. The fourth-order valence-electron chi connectivity index (χ4n) is 1.86. The number of thiazole rings is 1. The van der Waals surface area contributed by atoms with Crippen molar-refractivity contribution in [2.45, 2.75) is 19.8 Å². The number of rotatable bonds is 3. The normalized spacial score (nSPS) is 16.5. The van der Waals surface area contributed by atoms with E-state index in [2.05, 4.69) is 15.2 Å². The summed E-state index contributed by atoms with van der Waals surface area (Å²) in [6.07, 6.45) is 0. The Morgan fingerprint density at radius 2 is 2.12 bits per heavy atom. The third kappa shape index (κ3) is 2.58. The van der Waals surface area contributed by atoms with Crippen LogP contribution in [-0.2, 0) is 0 Å². The maximum Gasteiger partial charge on any atom is 0.347 e. The van der Waals surface area contributed by atoms with Gasteiger partial charge in [-0.05, 0) is 5.92 Å². The zero-order chi connectivity index (χ0) is 12.4. The number of anilines is 1. The van der Waals surface area contributed by atoms with Crippen LogP contribution in [0.15, 0.2) is 0 Å². The highest BCUT2D eigenvalue weighted by molar-refractivity contribution is 7.17. The molecule has 17 heavy (non-hydrogen) atoms. The zero-order valence-electron chi connectivity index (χ0n) is 10.1. The highest BCUT2D eigenvalue weighted by Crippen LogP contribution is 2.30. The summed E-state index contributed by atoms with van der Waals surface area (Å²) in [6.45, 7) is 7.60. The van der Waals surface area contributed by atoms with Gasteiger partial charge in [-0.2, -0.15) is 0 Å². The lowest BCUT2D eigenvalue weighted by Crippen LogP contribution is -2.43. The van der Waals surface area contributed by atoms with Crippen molar-refractivity contribution < 1.29 is 9.90 Å². The van der Waals surface area contributed by atoms with Crippen LogP contribution in [0.4, 0.5) is 5.13 Å². The quantitative estimate of drug-likeness (QED) is 0.854. The minimum absolute atomic E-state index is 0.147. The summed E-state index contributed by atoms with van der Waals surface area (Å²) < 4.78 is 0. The molecule has 2 heterocycles. The Morgan fingerprint density at radius 1 is 1.47 bits per heavy atom. The fraction of sp³-hybridized carbons (Fsp3) is 0.636. The van der Waals surface area contributed by atoms with Gasteiger partial charge in [-0.15, -0.1) is 0 Å². The molecular weight excluding hydrogens is 238 g/mol. The van der Waals surface area contributed by atoms with E-state index in [4.69, 9.17) is 5.11 Å². The summed E-state index contributed by atoms with van der Waals surface area (Å²) in [5.74, 6) is -0.721. The molecule has 1 fully saturated rings. The molecule has 0 aliphatic carbocycles. The minimum Gasteiger partial charge on any atom is -0.477 e. The van der Waals surface area contributed by atoms with Crippen LogP contribution < -0.4 is 10.2 Å². The monoisotopic (exact) mass is 255 g/mol. The van der Waals surface area contributed by atoms with Crippen molar-refractivity contribution in [1.29, 1.82) is 0 Å². The molecule has 0 unspecified atom stereocenters. The number of aromatic nitrogens is 1. The first-order chi connectivity index (χ1) is 8.09. The largest absolute Gasteiger partial charge is 0.477 e. The van der Waals surface area contributed by atoms with E-state index in [1.807, 2.05) is 13.8 Å². The molecule has 1 aliphatic rings. The van der Waals surface area contributed by atoms with Crippen LogP contribution in [0.1, 0.15) is 35.1 Å². The molecule has 5 nitrogen and oxygen atoms in total. The van der Waals surface area contributed by atoms with Gasteiger partial charge in [0.05, 0.1) is 5.69 Å². The van der Waals surface area contributed by atoms with Gasteiger partial charge in [0, 0.05) is 26.2 Å². The molecule has 1 saturated heterocycles. The highest BCUT2D eigenvalue weighted by atomic mass is 32.1. The van der Waals surface area contributed by atoms with Crippen molar-refractivity contribution in [2.24, 2.45) is 0 Å². The Morgan fingerprint density at radius 3 is 2.59 bits per heavy atom. The maximum atomic E-state index is 11.2. The SMILES string of the molecule is CC(C)c1nc(N2CCNCC2)sc1C(=O)O. The number of nitrogens with zero attached hydrogens (tertiary/aromatic N) is 2. The molecule has 1 aromatic rings. The second kappa shape index (κ2) is 5.01. The number of piperazine rings is 1. The summed E-state index contributed by atoms with van der Waals surface area (Å²) in [5, 5.41) is 13.3. The molecule has 94 valence electrons. The molecule has 1 aromatic heterocycles. The van der Waals surface area contributed by atoms with Crippen LogP contribution in [0.25, 0.3) is 0 Å². The molecule has 0 spiro atoms. The summed E-state index contributed by atoms with van der Waals surface area (Å²) in [7, 11) is 0. The number of hydrogen-bond acceptors (Lipinski definition) is 5. The van der Waals surface area contributed by atoms with Gasteiger partial charge in [0.25, 0.3) is 0 Å². The van der Waals surface area contributed by atoms with Gasteiger partial charge in [0.15, 0.2) is 5.13 Å².